The molecule has 0 saturated carbocycles. The van der Waals surface area contributed by atoms with Crippen LogP contribution in [0.25, 0.3) is 0 Å². The molecule has 35 heavy (non-hydrogen) atoms. The van der Waals surface area contributed by atoms with Crippen LogP contribution in [0.2, 0.25) is 0 Å². The van der Waals surface area contributed by atoms with Crippen molar-refractivity contribution in [1.29, 1.82) is 10.5 Å². The predicted octanol–water partition coefficient (Wildman–Crippen LogP) is 4.48. The molecule has 0 spiro atoms. The average Bonchev–Trinajstić information content (AvgIpc) is 3.33. The Morgan fingerprint density at radius 2 is 1.74 bits per heavy atom. The molecule has 2 heterocycles. The van der Waals surface area contributed by atoms with Crippen molar-refractivity contribution in [2.45, 2.75) is 19.4 Å². The van der Waals surface area contributed by atoms with E-state index in [9.17, 15) is 10.5 Å². The maximum absolute atomic E-state index is 9.89. The molecule has 3 aromatic carbocycles. The van der Waals surface area contributed by atoms with Gasteiger partial charge in [0, 0.05) is 17.2 Å². The van der Waals surface area contributed by atoms with Gasteiger partial charge in [0.1, 0.15) is 24.0 Å². The molecule has 2 aliphatic heterocycles. The van der Waals surface area contributed by atoms with Crippen LogP contribution in [0.4, 0.5) is 0 Å². The maximum atomic E-state index is 9.89. The van der Waals surface area contributed by atoms with Gasteiger partial charge >= 0.3 is 0 Å². The molecule has 2 aliphatic rings. The number of rotatable bonds is 6. The second kappa shape index (κ2) is 9.20. The number of hydrogen-bond donors (Lipinski definition) is 1. The third-order valence-corrected chi connectivity index (χ3v) is 5.83. The second-order valence-corrected chi connectivity index (χ2v) is 7.86. The first-order chi connectivity index (χ1) is 17.1. The molecule has 0 bridgehead atoms. The summed E-state index contributed by atoms with van der Waals surface area (Å²) in [5.74, 6) is 2.23. The summed E-state index contributed by atoms with van der Waals surface area (Å²) in [5, 5.41) is 19.2. The monoisotopic (exact) mass is 467 g/mol. The maximum Gasteiger partial charge on any atom is 0.231 e. The van der Waals surface area contributed by atoms with Crippen LogP contribution in [0.15, 0.2) is 66.1 Å². The van der Waals surface area contributed by atoms with Crippen LogP contribution in [0.1, 0.15) is 35.1 Å². The van der Waals surface area contributed by atoms with Gasteiger partial charge in [0.05, 0.1) is 24.2 Å². The first kappa shape index (κ1) is 22.0. The number of hydrogen-bond acceptors (Lipinski definition) is 8. The summed E-state index contributed by atoms with van der Waals surface area (Å²) in [6, 6.07) is 20.7. The lowest BCUT2D eigenvalue weighted by molar-refractivity contribution is 0.174. The van der Waals surface area contributed by atoms with Crippen molar-refractivity contribution < 1.29 is 23.7 Å². The fraction of sp³-hybridized carbons (Fsp3) is 0.185. The molecular weight excluding hydrogens is 446 g/mol. The van der Waals surface area contributed by atoms with Crippen LogP contribution in [-0.4, -0.2) is 13.4 Å². The quantitative estimate of drug-likeness (QED) is 0.563. The molecule has 1 atom stereocenters. The molecule has 8 nitrogen and oxygen atoms in total. The lowest BCUT2D eigenvalue weighted by atomic mass is 9.83. The smallest absolute Gasteiger partial charge is 0.231 e. The van der Waals surface area contributed by atoms with E-state index in [1.807, 2.05) is 43.3 Å². The Hall–Kier alpha value is -4.82. The third kappa shape index (κ3) is 4.03. The van der Waals surface area contributed by atoms with Gasteiger partial charge in [-0.15, -0.1) is 0 Å². The fourth-order valence-corrected chi connectivity index (χ4v) is 4.19. The standard InChI is InChI=1S/C27H21N3O5/c1-2-31-23-9-16(7-8-21(23)32-14-18-6-4-3-5-17(18)12-28)26-19-10-24-25(34-15-33-24)11-22(19)35-27(30)20(26)13-29/h3-11,26H,2,14-15,30H2,1H3. The SMILES string of the molecule is CCOc1cc(C2C(C#N)=C(N)Oc3cc4c(cc32)OCO4)ccc1OCc1ccccc1C#N. The summed E-state index contributed by atoms with van der Waals surface area (Å²) in [4.78, 5) is 0. The Labute approximate surface area is 202 Å². The Morgan fingerprint density at radius 3 is 2.51 bits per heavy atom. The third-order valence-electron chi connectivity index (χ3n) is 5.83. The van der Waals surface area contributed by atoms with Crippen molar-refractivity contribution in [1.82, 2.24) is 0 Å². The van der Waals surface area contributed by atoms with E-state index >= 15 is 0 Å². The number of benzene rings is 3. The van der Waals surface area contributed by atoms with E-state index in [4.69, 9.17) is 29.4 Å². The van der Waals surface area contributed by atoms with E-state index in [1.54, 1.807) is 18.2 Å². The van der Waals surface area contributed by atoms with Gasteiger partial charge in [0.25, 0.3) is 0 Å². The van der Waals surface area contributed by atoms with Crippen molar-refractivity contribution >= 4 is 0 Å². The van der Waals surface area contributed by atoms with E-state index in [2.05, 4.69) is 12.1 Å². The highest BCUT2D eigenvalue weighted by atomic mass is 16.7. The molecule has 1 unspecified atom stereocenters. The molecule has 0 fully saturated rings. The second-order valence-electron chi connectivity index (χ2n) is 7.86. The number of allylic oxidation sites excluding steroid dienone is 1. The van der Waals surface area contributed by atoms with Crippen molar-refractivity contribution in [2.75, 3.05) is 13.4 Å². The zero-order chi connectivity index (χ0) is 24.4. The highest BCUT2D eigenvalue weighted by molar-refractivity contribution is 5.62. The normalized spacial score (nSPS) is 15.5. The summed E-state index contributed by atoms with van der Waals surface area (Å²) >= 11 is 0. The Kier molecular flexibility index (Phi) is 5.78. The Bertz CT molecular complexity index is 1420. The van der Waals surface area contributed by atoms with E-state index in [1.165, 1.54) is 0 Å². The van der Waals surface area contributed by atoms with Gasteiger partial charge < -0.3 is 29.4 Å². The topological polar surface area (TPSA) is 120 Å². The number of nitriles is 2. The Balaban J connectivity index is 1.53. The van der Waals surface area contributed by atoms with Gasteiger partial charge in [-0.05, 0) is 36.8 Å². The van der Waals surface area contributed by atoms with Crippen molar-refractivity contribution in [2.24, 2.45) is 5.73 Å². The Morgan fingerprint density at radius 1 is 0.943 bits per heavy atom. The molecule has 8 heteroatoms. The lowest BCUT2D eigenvalue weighted by Crippen LogP contribution is -2.21. The van der Waals surface area contributed by atoms with Crippen LogP contribution < -0.4 is 29.4 Å². The molecular formula is C27H21N3O5. The zero-order valence-electron chi connectivity index (χ0n) is 18.9. The number of nitrogens with two attached hydrogens (primary N) is 1. The van der Waals surface area contributed by atoms with Gasteiger partial charge in [-0.2, -0.15) is 10.5 Å². The molecule has 2 N–H and O–H groups in total. The van der Waals surface area contributed by atoms with Crippen molar-refractivity contribution in [3.8, 4) is 40.9 Å². The van der Waals surface area contributed by atoms with Gasteiger partial charge in [-0.3, -0.25) is 0 Å². The number of nitrogens with zero attached hydrogens (tertiary/aromatic N) is 2. The molecule has 5 rings (SSSR count). The van der Waals surface area contributed by atoms with Gasteiger partial charge in [0.2, 0.25) is 12.7 Å². The van der Waals surface area contributed by atoms with Crippen LogP contribution >= 0.6 is 0 Å². The van der Waals surface area contributed by atoms with E-state index in [-0.39, 0.29) is 24.9 Å². The minimum Gasteiger partial charge on any atom is -0.490 e. The van der Waals surface area contributed by atoms with Crippen molar-refractivity contribution in [3.63, 3.8) is 0 Å². The average molecular weight is 467 g/mol. The van der Waals surface area contributed by atoms with Gasteiger partial charge in [0.15, 0.2) is 23.0 Å². The highest BCUT2D eigenvalue weighted by Crippen LogP contribution is 2.48. The summed E-state index contributed by atoms with van der Waals surface area (Å²) in [5.41, 5.74) is 9.26. The van der Waals surface area contributed by atoms with Gasteiger partial charge in [-0.25, -0.2) is 0 Å². The van der Waals surface area contributed by atoms with Crippen LogP contribution in [-0.2, 0) is 6.61 Å². The molecule has 174 valence electrons. The first-order valence-corrected chi connectivity index (χ1v) is 11.0. The highest BCUT2D eigenvalue weighted by Gasteiger charge is 2.33. The number of ether oxygens (including phenoxy) is 5. The molecule has 0 aromatic heterocycles. The minimum absolute atomic E-state index is 0.0373. The predicted molar refractivity (Wildman–Crippen MR) is 125 cm³/mol. The van der Waals surface area contributed by atoms with E-state index < -0.39 is 5.92 Å². The molecule has 0 saturated heterocycles. The van der Waals surface area contributed by atoms with Crippen LogP contribution in [0, 0.1) is 22.7 Å². The summed E-state index contributed by atoms with van der Waals surface area (Å²) in [6.45, 7) is 2.63. The lowest BCUT2D eigenvalue weighted by Gasteiger charge is -2.27. The molecule has 0 radical (unpaired) electrons. The zero-order valence-corrected chi connectivity index (χ0v) is 18.9. The van der Waals surface area contributed by atoms with E-state index in [0.29, 0.717) is 40.9 Å². The number of fused-ring (bicyclic) bond motifs is 2. The van der Waals surface area contributed by atoms with E-state index in [0.717, 1.165) is 16.7 Å². The van der Waals surface area contributed by atoms with Gasteiger partial charge in [-0.1, -0.05) is 24.3 Å². The van der Waals surface area contributed by atoms with Crippen LogP contribution in [0.3, 0.4) is 0 Å². The fourth-order valence-electron chi connectivity index (χ4n) is 4.19. The summed E-state index contributed by atoms with van der Waals surface area (Å²) in [7, 11) is 0. The summed E-state index contributed by atoms with van der Waals surface area (Å²) < 4.78 is 28.6. The minimum atomic E-state index is -0.495. The largest absolute Gasteiger partial charge is 0.490 e. The molecule has 0 aliphatic carbocycles. The van der Waals surface area contributed by atoms with Crippen LogP contribution in [0.5, 0.6) is 28.7 Å². The molecule has 3 aromatic rings. The first-order valence-electron chi connectivity index (χ1n) is 11.0. The van der Waals surface area contributed by atoms with Crippen molar-refractivity contribution in [3.05, 3.63) is 88.3 Å². The molecule has 0 amide bonds. The summed E-state index contributed by atoms with van der Waals surface area (Å²) in [6.07, 6.45) is 0.